The lowest BCUT2D eigenvalue weighted by Crippen LogP contribution is -2.58. The van der Waals surface area contributed by atoms with Crippen molar-refractivity contribution in [3.8, 4) is 0 Å². The Balaban J connectivity index is 2.09. The van der Waals surface area contributed by atoms with Crippen LogP contribution in [0, 0.1) is 0 Å². The second-order valence-corrected chi connectivity index (χ2v) is 6.60. The van der Waals surface area contributed by atoms with E-state index in [1.54, 1.807) is 25.7 Å². The molecule has 23 heavy (non-hydrogen) atoms. The highest BCUT2D eigenvalue weighted by atomic mass is 35.5. The van der Waals surface area contributed by atoms with Crippen LogP contribution in [0.25, 0.3) is 0 Å². The van der Waals surface area contributed by atoms with Crippen LogP contribution < -0.4 is 10.6 Å². The minimum Gasteiger partial charge on any atom is -0.444 e. The third kappa shape index (κ3) is 4.32. The summed E-state index contributed by atoms with van der Waals surface area (Å²) in [5.74, 6) is 0.404. The van der Waals surface area contributed by atoms with Crippen LogP contribution in [-0.4, -0.2) is 69.2 Å². The van der Waals surface area contributed by atoms with Crippen LogP contribution in [0.3, 0.4) is 0 Å². The summed E-state index contributed by atoms with van der Waals surface area (Å²) < 4.78 is 5.36. The zero-order chi connectivity index (χ0) is 17.2. The van der Waals surface area contributed by atoms with Gasteiger partial charge >= 0.3 is 6.09 Å². The number of hydrogen-bond donors (Lipinski definition) is 2. The van der Waals surface area contributed by atoms with Crippen LogP contribution in [0.1, 0.15) is 20.8 Å². The quantitative estimate of drug-likeness (QED) is 0.797. The van der Waals surface area contributed by atoms with E-state index in [1.165, 1.54) is 4.90 Å². The van der Waals surface area contributed by atoms with Crippen molar-refractivity contribution in [3.63, 3.8) is 0 Å². The highest BCUT2D eigenvalue weighted by Crippen LogP contribution is 2.20. The molecule has 128 valence electrons. The number of ether oxygens (including phenoxy) is 1. The molecule has 1 atom stereocenters. The summed E-state index contributed by atoms with van der Waals surface area (Å²) in [6, 6.07) is -0.431. The van der Waals surface area contributed by atoms with Gasteiger partial charge < -0.3 is 20.5 Å². The third-order valence-corrected chi connectivity index (χ3v) is 3.53. The van der Waals surface area contributed by atoms with Crippen LogP contribution in [0.2, 0.25) is 5.15 Å². The summed E-state index contributed by atoms with van der Waals surface area (Å²) in [6.07, 6.45) is -0.453. The first-order valence-corrected chi connectivity index (χ1v) is 7.60. The summed E-state index contributed by atoms with van der Waals surface area (Å²) >= 11 is 5.71. The fourth-order valence-corrected chi connectivity index (χ4v) is 2.28. The van der Waals surface area contributed by atoms with Gasteiger partial charge in [-0.25, -0.2) is 4.79 Å². The molecule has 1 saturated heterocycles. The first kappa shape index (κ1) is 17.5. The second-order valence-electron chi connectivity index (χ2n) is 6.24. The highest BCUT2D eigenvalue weighted by molar-refractivity contribution is 6.31. The molecule has 1 aliphatic rings. The molecule has 0 bridgehead atoms. The highest BCUT2D eigenvalue weighted by Gasteiger charge is 2.34. The Labute approximate surface area is 139 Å². The van der Waals surface area contributed by atoms with Crippen LogP contribution in [0.15, 0.2) is 0 Å². The van der Waals surface area contributed by atoms with Crippen molar-refractivity contribution in [1.29, 1.82) is 0 Å². The number of nitrogens with zero attached hydrogens (tertiary/aromatic N) is 5. The zero-order valence-electron chi connectivity index (χ0n) is 13.4. The number of nitrogens with two attached hydrogens (primary N) is 1. The number of nitrogen functional groups attached to an aromatic ring is 1. The van der Waals surface area contributed by atoms with Gasteiger partial charge in [-0.15, -0.1) is 10.2 Å². The number of aromatic nitrogens is 3. The molecule has 0 aromatic carbocycles. The lowest BCUT2D eigenvalue weighted by Gasteiger charge is -2.40. The van der Waals surface area contributed by atoms with Crippen molar-refractivity contribution in [2.45, 2.75) is 32.4 Å². The molecule has 0 spiro atoms. The summed E-state index contributed by atoms with van der Waals surface area (Å²) in [5, 5.41) is 17.3. The van der Waals surface area contributed by atoms with Gasteiger partial charge in [0.25, 0.3) is 0 Å². The summed E-state index contributed by atoms with van der Waals surface area (Å²) in [7, 11) is 0. The SMILES string of the molecule is CC(C)(C)OC(=O)N1CCN(c2nnc(Cl)c(N)n2)CC1CO. The number of carbonyl (C=O) groups excluding carboxylic acids is 1. The number of anilines is 2. The molecular weight excluding hydrogens is 324 g/mol. The molecule has 3 N–H and O–H groups in total. The van der Waals surface area contributed by atoms with Gasteiger partial charge in [-0.2, -0.15) is 4.98 Å². The Morgan fingerprint density at radius 2 is 2.13 bits per heavy atom. The van der Waals surface area contributed by atoms with Gasteiger partial charge in [0.1, 0.15) is 5.60 Å². The van der Waals surface area contributed by atoms with E-state index < -0.39 is 17.7 Å². The Kier molecular flexibility index (Phi) is 5.10. The molecule has 0 saturated carbocycles. The van der Waals surface area contributed by atoms with Crippen molar-refractivity contribution in [2.24, 2.45) is 0 Å². The number of amides is 1. The topological polar surface area (TPSA) is 118 Å². The molecule has 0 radical (unpaired) electrons. The molecule has 1 aromatic heterocycles. The predicted octanol–water partition coefficient (Wildman–Crippen LogP) is 0.525. The maximum absolute atomic E-state index is 12.2. The maximum atomic E-state index is 12.2. The molecule has 2 heterocycles. The van der Waals surface area contributed by atoms with Gasteiger partial charge in [0.2, 0.25) is 5.95 Å². The number of piperazine rings is 1. The number of aliphatic hydroxyl groups excluding tert-OH is 1. The van der Waals surface area contributed by atoms with Crippen LogP contribution in [-0.2, 0) is 4.74 Å². The molecular formula is C13H21ClN6O3. The molecule has 0 aliphatic carbocycles. The van der Waals surface area contributed by atoms with E-state index in [4.69, 9.17) is 22.1 Å². The molecule has 10 heteroatoms. The Bertz CT molecular complexity index is 579. The average molecular weight is 345 g/mol. The van der Waals surface area contributed by atoms with E-state index in [-0.39, 0.29) is 17.6 Å². The molecule has 1 fully saturated rings. The van der Waals surface area contributed by atoms with Crippen LogP contribution in [0.4, 0.5) is 16.6 Å². The van der Waals surface area contributed by atoms with Crippen molar-refractivity contribution < 1.29 is 14.6 Å². The van der Waals surface area contributed by atoms with Gasteiger partial charge in [-0.1, -0.05) is 11.6 Å². The summed E-state index contributed by atoms with van der Waals surface area (Å²) in [6.45, 7) is 6.37. The second kappa shape index (κ2) is 6.71. The monoisotopic (exact) mass is 344 g/mol. The normalized spacial score (nSPS) is 18.9. The average Bonchev–Trinajstić information content (AvgIpc) is 2.47. The first-order chi connectivity index (χ1) is 10.7. The van der Waals surface area contributed by atoms with Gasteiger partial charge in [-0.05, 0) is 20.8 Å². The van der Waals surface area contributed by atoms with E-state index in [1.807, 2.05) is 0 Å². The zero-order valence-corrected chi connectivity index (χ0v) is 14.1. The van der Waals surface area contributed by atoms with E-state index >= 15 is 0 Å². The fraction of sp³-hybridized carbons (Fsp3) is 0.692. The van der Waals surface area contributed by atoms with Crippen LogP contribution >= 0.6 is 11.6 Å². The van der Waals surface area contributed by atoms with Gasteiger partial charge in [0.15, 0.2) is 11.0 Å². The number of halogens is 1. The third-order valence-electron chi connectivity index (χ3n) is 3.26. The van der Waals surface area contributed by atoms with Gasteiger partial charge in [0.05, 0.1) is 12.6 Å². The number of rotatable bonds is 2. The van der Waals surface area contributed by atoms with E-state index in [2.05, 4.69) is 15.2 Å². The minimum absolute atomic E-state index is 0.0415. The van der Waals surface area contributed by atoms with E-state index in [0.29, 0.717) is 25.6 Å². The number of carbonyl (C=O) groups is 1. The maximum Gasteiger partial charge on any atom is 0.410 e. The summed E-state index contributed by atoms with van der Waals surface area (Å²) in [4.78, 5) is 19.6. The fourth-order valence-electron chi connectivity index (χ4n) is 2.20. The molecule has 9 nitrogen and oxygen atoms in total. The predicted molar refractivity (Wildman–Crippen MR) is 85.3 cm³/mol. The molecule has 2 rings (SSSR count). The van der Waals surface area contributed by atoms with Crippen molar-refractivity contribution in [1.82, 2.24) is 20.1 Å². The largest absolute Gasteiger partial charge is 0.444 e. The van der Waals surface area contributed by atoms with Crippen molar-refractivity contribution in [2.75, 3.05) is 36.9 Å². The number of hydrogen-bond acceptors (Lipinski definition) is 8. The van der Waals surface area contributed by atoms with E-state index in [0.717, 1.165) is 0 Å². The molecule has 1 aliphatic heterocycles. The van der Waals surface area contributed by atoms with Crippen LogP contribution in [0.5, 0.6) is 0 Å². The molecule has 1 amide bonds. The Hall–Kier alpha value is -1.87. The summed E-state index contributed by atoms with van der Waals surface area (Å²) in [5.41, 5.74) is 5.04. The Morgan fingerprint density at radius 3 is 2.70 bits per heavy atom. The molecule has 1 unspecified atom stereocenters. The van der Waals surface area contributed by atoms with E-state index in [9.17, 15) is 9.90 Å². The van der Waals surface area contributed by atoms with Crippen molar-refractivity contribution >= 4 is 29.5 Å². The lowest BCUT2D eigenvalue weighted by atomic mass is 10.2. The standard InChI is InChI=1S/C13H21ClN6O3/c1-13(2,3)23-12(22)20-5-4-19(6-8(20)7-21)11-16-10(15)9(14)17-18-11/h8,21H,4-7H2,1-3H3,(H2,15,16,18). The number of aliphatic hydroxyl groups is 1. The lowest BCUT2D eigenvalue weighted by molar-refractivity contribution is 0.00693. The smallest absolute Gasteiger partial charge is 0.410 e. The van der Waals surface area contributed by atoms with Gasteiger partial charge in [0, 0.05) is 19.6 Å². The first-order valence-electron chi connectivity index (χ1n) is 7.22. The van der Waals surface area contributed by atoms with Crippen molar-refractivity contribution in [3.05, 3.63) is 5.15 Å². The minimum atomic E-state index is -0.591. The van der Waals surface area contributed by atoms with Gasteiger partial charge in [-0.3, -0.25) is 4.90 Å². The Morgan fingerprint density at radius 1 is 1.43 bits per heavy atom. The molecule has 1 aromatic rings.